The predicted octanol–water partition coefficient (Wildman–Crippen LogP) is 11.6. The molecule has 0 spiro atoms. The van der Waals surface area contributed by atoms with Crippen LogP contribution in [-0.2, 0) is 9.53 Å². The number of carbonyl (C=O) groups is 1. The lowest BCUT2D eigenvalue weighted by Crippen LogP contribution is -2.38. The first-order chi connectivity index (χ1) is 18.7. The quantitative estimate of drug-likeness (QED) is 0.0824. The number of ether oxygens (including phenoxy) is 1. The molecule has 3 heteroatoms. The van der Waals surface area contributed by atoms with Gasteiger partial charge in [-0.05, 0) is 25.7 Å². The van der Waals surface area contributed by atoms with E-state index >= 15 is 0 Å². The summed E-state index contributed by atoms with van der Waals surface area (Å²) in [5, 5.41) is 0. The van der Waals surface area contributed by atoms with Crippen molar-refractivity contribution in [3.05, 3.63) is 6.04 Å². The predicted molar refractivity (Wildman–Crippen MR) is 169 cm³/mol. The highest BCUT2D eigenvalue weighted by Gasteiger charge is 2.22. The van der Waals surface area contributed by atoms with E-state index in [2.05, 4.69) is 32.6 Å². The van der Waals surface area contributed by atoms with Crippen LogP contribution in [0.15, 0.2) is 0 Å². The lowest BCUT2D eigenvalue weighted by molar-refractivity contribution is -0.136. The third kappa shape index (κ3) is 24.5. The molecule has 0 heterocycles. The molecule has 1 radical (unpaired) electrons. The molecule has 0 aliphatic carbocycles. The maximum atomic E-state index is 12.9. The molecule has 3 nitrogen and oxygen atoms in total. The Labute approximate surface area is 240 Å². The largest absolute Gasteiger partial charge is 0.372 e. The lowest BCUT2D eigenvalue weighted by Gasteiger charge is -2.30. The fourth-order valence-electron chi connectivity index (χ4n) is 5.46. The van der Waals surface area contributed by atoms with Crippen LogP contribution in [-0.4, -0.2) is 30.6 Å². The molecule has 0 saturated heterocycles. The molecule has 0 bridgehead atoms. The van der Waals surface area contributed by atoms with Crippen molar-refractivity contribution >= 4 is 5.91 Å². The van der Waals surface area contributed by atoms with Crippen LogP contribution in [0.1, 0.15) is 195 Å². The van der Waals surface area contributed by atoms with Crippen molar-refractivity contribution < 1.29 is 9.53 Å². The van der Waals surface area contributed by atoms with Gasteiger partial charge in [-0.15, -0.1) is 0 Å². The Bertz CT molecular complexity index is 467. The number of carbonyl (C=O) groups excluding carboxylic acids is 1. The number of unbranched alkanes of at least 4 members (excludes halogenated alkanes) is 21. The Hall–Kier alpha value is -0.570. The van der Waals surface area contributed by atoms with E-state index in [0.717, 1.165) is 38.8 Å². The van der Waals surface area contributed by atoms with E-state index < -0.39 is 0 Å². The summed E-state index contributed by atoms with van der Waals surface area (Å²) in [6.45, 7) is 10.8. The monoisotopic (exact) mass is 537 g/mol. The molecule has 0 aromatic heterocycles. The summed E-state index contributed by atoms with van der Waals surface area (Å²) >= 11 is 0. The molecule has 0 aromatic rings. The highest BCUT2D eigenvalue weighted by atomic mass is 16.5. The number of nitrogens with zero attached hydrogens (tertiary/aromatic N) is 1. The van der Waals surface area contributed by atoms with Crippen LogP contribution in [0.3, 0.4) is 0 Å². The highest BCUT2D eigenvalue weighted by Crippen LogP contribution is 2.22. The van der Waals surface area contributed by atoms with Gasteiger partial charge in [0.2, 0.25) is 5.91 Å². The summed E-state index contributed by atoms with van der Waals surface area (Å²) in [6, 6.07) is 1.32. The summed E-state index contributed by atoms with van der Waals surface area (Å²) in [5.74, 6) is 0.172. The molecule has 38 heavy (non-hydrogen) atoms. The average molecular weight is 537 g/mol. The van der Waals surface area contributed by atoms with Gasteiger partial charge >= 0.3 is 0 Å². The van der Waals surface area contributed by atoms with Gasteiger partial charge in [-0.25, -0.2) is 0 Å². The molecular weight excluding hydrogens is 466 g/mol. The average Bonchev–Trinajstić information content (AvgIpc) is 2.93. The zero-order chi connectivity index (χ0) is 27.9. The molecule has 0 atom stereocenters. The van der Waals surface area contributed by atoms with Crippen LogP contribution in [0.4, 0.5) is 0 Å². The standard InChI is InChI=1S/C35H70NO2/c1-5-9-11-13-15-17-19-20-21-23-25-27-29-32-38-33-35(37)36(31-7-3)34(8-4)30-28-26-24-22-18-16-14-12-10-6-2/h5-33H2,1-4H3. The van der Waals surface area contributed by atoms with Gasteiger partial charge in [0.05, 0.1) is 6.04 Å². The molecular formula is C35H70NO2. The summed E-state index contributed by atoms with van der Waals surface area (Å²) in [5.41, 5.74) is 0. The Morgan fingerprint density at radius 2 is 0.895 bits per heavy atom. The lowest BCUT2D eigenvalue weighted by atomic mass is 10.0. The molecule has 1 amide bonds. The Kier molecular flexibility index (Phi) is 30.5. The van der Waals surface area contributed by atoms with Crippen molar-refractivity contribution in [2.24, 2.45) is 0 Å². The van der Waals surface area contributed by atoms with Crippen molar-refractivity contribution in [3.63, 3.8) is 0 Å². The fourth-order valence-corrected chi connectivity index (χ4v) is 5.46. The van der Waals surface area contributed by atoms with Gasteiger partial charge in [0.25, 0.3) is 0 Å². The van der Waals surface area contributed by atoms with E-state index in [9.17, 15) is 4.79 Å². The number of hydrogen-bond donors (Lipinski definition) is 0. The molecule has 0 rings (SSSR count). The SMILES string of the molecule is CCCCCCCCCCCCCCCOCC(=O)N(CCC)[C](CC)CCCCCCCCCCCC. The molecule has 0 fully saturated rings. The number of rotatable bonds is 31. The minimum Gasteiger partial charge on any atom is -0.372 e. The van der Waals surface area contributed by atoms with Crippen LogP contribution >= 0.6 is 0 Å². The Morgan fingerprint density at radius 3 is 1.29 bits per heavy atom. The van der Waals surface area contributed by atoms with Crippen LogP contribution in [0.5, 0.6) is 0 Å². The summed E-state index contributed by atoms with van der Waals surface area (Å²) in [4.78, 5) is 15.0. The summed E-state index contributed by atoms with van der Waals surface area (Å²) in [7, 11) is 0. The number of hydrogen-bond acceptors (Lipinski definition) is 2. The molecule has 0 N–H and O–H groups in total. The van der Waals surface area contributed by atoms with Crippen LogP contribution in [0.2, 0.25) is 0 Å². The van der Waals surface area contributed by atoms with E-state index in [0.29, 0.717) is 0 Å². The molecule has 227 valence electrons. The summed E-state index contributed by atoms with van der Waals surface area (Å²) < 4.78 is 5.82. The minimum absolute atomic E-state index is 0.172. The van der Waals surface area contributed by atoms with Gasteiger partial charge in [0.1, 0.15) is 6.61 Å². The second-order valence-corrected chi connectivity index (χ2v) is 11.7. The molecule has 0 aliphatic heterocycles. The van der Waals surface area contributed by atoms with Crippen molar-refractivity contribution in [2.45, 2.75) is 195 Å². The first-order valence-electron chi connectivity index (χ1n) is 17.4. The third-order valence-electron chi connectivity index (χ3n) is 7.97. The van der Waals surface area contributed by atoms with Crippen molar-refractivity contribution in [3.8, 4) is 0 Å². The van der Waals surface area contributed by atoms with Crippen molar-refractivity contribution in [1.29, 1.82) is 0 Å². The smallest absolute Gasteiger partial charge is 0.249 e. The molecule has 0 aliphatic rings. The van der Waals surface area contributed by atoms with Gasteiger partial charge in [-0.2, -0.15) is 0 Å². The maximum absolute atomic E-state index is 12.9. The Morgan fingerprint density at radius 1 is 0.500 bits per heavy atom. The van der Waals surface area contributed by atoms with E-state index in [1.54, 1.807) is 0 Å². The third-order valence-corrected chi connectivity index (χ3v) is 7.97. The van der Waals surface area contributed by atoms with Crippen molar-refractivity contribution in [2.75, 3.05) is 19.8 Å². The van der Waals surface area contributed by atoms with Gasteiger partial charge in [-0.1, -0.05) is 169 Å². The normalized spacial score (nSPS) is 11.5. The first-order valence-corrected chi connectivity index (χ1v) is 17.4. The van der Waals surface area contributed by atoms with E-state index in [4.69, 9.17) is 4.74 Å². The maximum Gasteiger partial charge on any atom is 0.249 e. The molecule has 0 aromatic carbocycles. The van der Waals surface area contributed by atoms with Gasteiger partial charge in [0, 0.05) is 13.2 Å². The van der Waals surface area contributed by atoms with Crippen LogP contribution in [0.25, 0.3) is 0 Å². The van der Waals surface area contributed by atoms with Crippen LogP contribution < -0.4 is 0 Å². The molecule has 0 unspecified atom stereocenters. The minimum atomic E-state index is 0.172. The topological polar surface area (TPSA) is 29.5 Å². The van der Waals surface area contributed by atoms with E-state index in [-0.39, 0.29) is 12.5 Å². The molecule has 0 saturated carbocycles. The summed E-state index contributed by atoms with van der Waals surface area (Å²) in [6.07, 6.45) is 34.3. The number of amides is 1. The Balaban J connectivity index is 3.80. The van der Waals surface area contributed by atoms with Gasteiger partial charge < -0.3 is 9.64 Å². The van der Waals surface area contributed by atoms with Gasteiger partial charge in [-0.3, -0.25) is 4.79 Å². The zero-order valence-corrected chi connectivity index (χ0v) is 26.8. The first kappa shape index (κ1) is 37.4. The van der Waals surface area contributed by atoms with E-state index in [1.807, 2.05) is 0 Å². The van der Waals surface area contributed by atoms with E-state index in [1.165, 1.54) is 147 Å². The van der Waals surface area contributed by atoms with Gasteiger partial charge in [0.15, 0.2) is 0 Å². The van der Waals surface area contributed by atoms with Crippen molar-refractivity contribution in [1.82, 2.24) is 4.90 Å². The second-order valence-electron chi connectivity index (χ2n) is 11.7. The van der Waals surface area contributed by atoms with Crippen LogP contribution in [0, 0.1) is 6.04 Å². The zero-order valence-electron chi connectivity index (χ0n) is 26.8. The fraction of sp³-hybridized carbons (Fsp3) is 0.943. The highest BCUT2D eigenvalue weighted by molar-refractivity contribution is 5.78. The second kappa shape index (κ2) is 31.0.